The third-order valence-corrected chi connectivity index (χ3v) is 4.52. The largest absolute Gasteiger partial charge is 0.507 e. The third kappa shape index (κ3) is 3.46. The van der Waals surface area contributed by atoms with E-state index in [0.29, 0.717) is 16.6 Å². The molecule has 0 radical (unpaired) electrons. The van der Waals surface area contributed by atoms with E-state index in [4.69, 9.17) is 12.2 Å². The van der Waals surface area contributed by atoms with E-state index < -0.39 is 0 Å². The van der Waals surface area contributed by atoms with Crippen molar-refractivity contribution in [1.82, 2.24) is 10.2 Å². The van der Waals surface area contributed by atoms with Gasteiger partial charge in [0, 0.05) is 18.2 Å². The summed E-state index contributed by atoms with van der Waals surface area (Å²) in [5.74, 6) is 0.179. The summed E-state index contributed by atoms with van der Waals surface area (Å²) in [5.41, 5.74) is 2.63. The van der Waals surface area contributed by atoms with Crippen molar-refractivity contribution in [3.63, 3.8) is 0 Å². The Labute approximate surface area is 149 Å². The van der Waals surface area contributed by atoms with Gasteiger partial charge >= 0.3 is 0 Å². The summed E-state index contributed by atoms with van der Waals surface area (Å²) in [6.07, 6.45) is 1.79. The number of hydrogen-bond donors (Lipinski definition) is 2. The number of nitrogens with zero attached hydrogens (tertiary/aromatic N) is 1. The van der Waals surface area contributed by atoms with Gasteiger partial charge in [0.05, 0.1) is 0 Å². The van der Waals surface area contributed by atoms with Crippen LogP contribution < -0.4 is 5.32 Å². The van der Waals surface area contributed by atoms with Gasteiger partial charge in [-0.2, -0.15) is 0 Å². The van der Waals surface area contributed by atoms with E-state index in [0.717, 1.165) is 16.7 Å². The summed E-state index contributed by atoms with van der Waals surface area (Å²) in [5, 5.41) is 14.1. The molecule has 1 aromatic rings. The molecule has 130 valence electrons. The minimum absolute atomic E-state index is 0.150. The van der Waals surface area contributed by atoms with Gasteiger partial charge in [0.2, 0.25) is 0 Å². The smallest absolute Gasteiger partial charge is 0.276 e. The van der Waals surface area contributed by atoms with Gasteiger partial charge in [0.15, 0.2) is 5.11 Å². The number of hydrogen-bond acceptors (Lipinski definition) is 3. The Hall–Kier alpha value is -1.88. The molecule has 0 bridgehead atoms. The monoisotopic (exact) mass is 346 g/mol. The van der Waals surface area contributed by atoms with Crippen LogP contribution in [0.2, 0.25) is 0 Å². The van der Waals surface area contributed by atoms with Crippen LogP contribution in [-0.2, 0) is 15.6 Å². The van der Waals surface area contributed by atoms with E-state index in [-0.39, 0.29) is 16.7 Å². The lowest BCUT2D eigenvalue weighted by molar-refractivity contribution is -0.121. The lowest BCUT2D eigenvalue weighted by Crippen LogP contribution is -2.25. The highest BCUT2D eigenvalue weighted by Crippen LogP contribution is 2.40. The van der Waals surface area contributed by atoms with Crippen LogP contribution >= 0.6 is 12.2 Å². The number of aromatic hydroxyl groups is 1. The highest BCUT2D eigenvalue weighted by Gasteiger charge is 2.29. The summed E-state index contributed by atoms with van der Waals surface area (Å²) >= 11 is 5.12. The van der Waals surface area contributed by atoms with Gasteiger partial charge in [0.1, 0.15) is 11.4 Å². The fourth-order valence-corrected chi connectivity index (χ4v) is 2.87. The first kappa shape index (κ1) is 18.5. The summed E-state index contributed by atoms with van der Waals surface area (Å²) in [6, 6.07) is 3.88. The van der Waals surface area contributed by atoms with E-state index in [1.807, 2.05) is 12.1 Å². The molecule has 1 aromatic carbocycles. The quantitative estimate of drug-likeness (QED) is 0.602. The van der Waals surface area contributed by atoms with Gasteiger partial charge in [-0.15, -0.1) is 0 Å². The fraction of sp³-hybridized carbons (Fsp3) is 0.474. The SMILES string of the molecule is CN1C(=O)C(=Cc2cc(C(C)(C)C)c(O)c(C(C)(C)C)c2)NC1=S. The van der Waals surface area contributed by atoms with Gasteiger partial charge in [-0.25, -0.2) is 0 Å². The number of nitrogens with one attached hydrogen (secondary N) is 1. The molecule has 1 aliphatic rings. The van der Waals surface area contributed by atoms with Crippen LogP contribution in [0, 0.1) is 0 Å². The lowest BCUT2D eigenvalue weighted by Gasteiger charge is -2.28. The van der Waals surface area contributed by atoms with Crippen molar-refractivity contribution in [2.45, 2.75) is 52.4 Å². The number of phenols is 1. The molecule has 1 saturated heterocycles. The Bertz CT molecular complexity index is 702. The summed E-state index contributed by atoms with van der Waals surface area (Å²) in [4.78, 5) is 13.6. The minimum Gasteiger partial charge on any atom is -0.507 e. The second kappa shape index (κ2) is 5.88. The topological polar surface area (TPSA) is 52.6 Å². The fourth-order valence-electron chi connectivity index (χ4n) is 2.67. The molecule has 24 heavy (non-hydrogen) atoms. The standard InChI is InChI=1S/C19H26N2O2S/c1-18(2,3)12-8-11(9-13(15(12)22)19(4,5)6)10-14-16(23)21(7)17(24)20-14/h8-10,22H,1-7H3,(H,20,24). The van der Waals surface area contributed by atoms with Crippen molar-refractivity contribution in [1.29, 1.82) is 0 Å². The van der Waals surface area contributed by atoms with Crippen LogP contribution in [0.15, 0.2) is 17.8 Å². The Morgan fingerprint density at radius 1 is 1.08 bits per heavy atom. The molecule has 1 fully saturated rings. The van der Waals surface area contributed by atoms with Gasteiger partial charge in [0.25, 0.3) is 5.91 Å². The van der Waals surface area contributed by atoms with E-state index >= 15 is 0 Å². The van der Waals surface area contributed by atoms with Crippen molar-refractivity contribution in [2.24, 2.45) is 0 Å². The summed E-state index contributed by atoms with van der Waals surface area (Å²) in [6.45, 7) is 12.4. The zero-order valence-corrected chi connectivity index (χ0v) is 16.3. The van der Waals surface area contributed by atoms with E-state index in [2.05, 4.69) is 46.9 Å². The molecule has 1 heterocycles. The number of carbonyl (C=O) groups is 1. The zero-order chi connectivity index (χ0) is 18.4. The first-order valence-electron chi connectivity index (χ1n) is 8.01. The molecule has 0 atom stereocenters. The molecule has 0 unspecified atom stereocenters. The predicted molar refractivity (Wildman–Crippen MR) is 102 cm³/mol. The number of phenolic OH excluding ortho intramolecular Hbond substituents is 1. The Kier molecular flexibility index (Phi) is 4.53. The van der Waals surface area contributed by atoms with Gasteiger partial charge in [-0.05, 0) is 46.8 Å². The second-order valence-corrected chi connectivity index (χ2v) is 8.70. The summed E-state index contributed by atoms with van der Waals surface area (Å²) in [7, 11) is 1.65. The van der Waals surface area contributed by atoms with Crippen LogP contribution in [0.4, 0.5) is 0 Å². The van der Waals surface area contributed by atoms with Gasteiger partial charge < -0.3 is 10.4 Å². The molecule has 0 aromatic heterocycles. The maximum Gasteiger partial charge on any atom is 0.276 e. The second-order valence-electron chi connectivity index (χ2n) is 8.32. The van der Waals surface area contributed by atoms with Crippen LogP contribution in [0.3, 0.4) is 0 Å². The minimum atomic E-state index is -0.211. The average Bonchev–Trinajstić information content (AvgIpc) is 2.65. The lowest BCUT2D eigenvalue weighted by atomic mass is 9.78. The van der Waals surface area contributed by atoms with Crippen molar-refractivity contribution in [3.05, 3.63) is 34.5 Å². The number of carbonyl (C=O) groups excluding carboxylic acids is 1. The van der Waals surface area contributed by atoms with Crippen molar-refractivity contribution in [2.75, 3.05) is 7.05 Å². The first-order chi connectivity index (χ1) is 10.8. The molecular formula is C19H26N2O2S. The Morgan fingerprint density at radius 3 is 1.88 bits per heavy atom. The summed E-state index contributed by atoms with van der Waals surface area (Å²) < 4.78 is 0. The molecule has 1 aliphatic heterocycles. The number of benzene rings is 1. The van der Waals surface area contributed by atoms with Gasteiger partial charge in [-0.3, -0.25) is 9.69 Å². The Morgan fingerprint density at radius 2 is 1.54 bits per heavy atom. The van der Waals surface area contributed by atoms with Gasteiger partial charge in [-0.1, -0.05) is 41.5 Å². The zero-order valence-electron chi connectivity index (χ0n) is 15.4. The molecule has 2 rings (SSSR count). The molecule has 5 heteroatoms. The number of thiocarbonyl (C=S) groups is 1. The predicted octanol–water partition coefficient (Wildman–Crippen LogP) is 3.67. The van der Waals surface area contributed by atoms with Crippen molar-refractivity contribution < 1.29 is 9.90 Å². The highest BCUT2D eigenvalue weighted by atomic mass is 32.1. The third-order valence-electron chi connectivity index (χ3n) is 4.14. The van der Waals surface area contributed by atoms with E-state index in [1.165, 1.54) is 4.90 Å². The van der Waals surface area contributed by atoms with E-state index in [9.17, 15) is 9.90 Å². The molecule has 0 aliphatic carbocycles. The van der Waals surface area contributed by atoms with Crippen LogP contribution in [-0.4, -0.2) is 28.1 Å². The van der Waals surface area contributed by atoms with Crippen LogP contribution in [0.25, 0.3) is 6.08 Å². The highest BCUT2D eigenvalue weighted by molar-refractivity contribution is 7.80. The van der Waals surface area contributed by atoms with Crippen molar-refractivity contribution >= 4 is 29.3 Å². The molecule has 4 nitrogen and oxygen atoms in total. The Balaban J connectivity index is 2.64. The first-order valence-corrected chi connectivity index (χ1v) is 8.42. The number of rotatable bonds is 1. The van der Waals surface area contributed by atoms with Crippen LogP contribution in [0.5, 0.6) is 5.75 Å². The maximum atomic E-state index is 12.2. The van der Waals surface area contributed by atoms with E-state index in [1.54, 1.807) is 13.1 Å². The molecule has 2 N–H and O–H groups in total. The number of likely N-dealkylation sites (N-methyl/N-ethyl adjacent to an activating group) is 1. The normalized spacial score (nSPS) is 17.6. The number of amides is 1. The van der Waals surface area contributed by atoms with Crippen molar-refractivity contribution in [3.8, 4) is 5.75 Å². The van der Waals surface area contributed by atoms with Crippen LogP contribution in [0.1, 0.15) is 58.2 Å². The average molecular weight is 346 g/mol. The molecular weight excluding hydrogens is 320 g/mol. The molecule has 1 amide bonds. The molecule has 0 saturated carbocycles. The molecule has 0 spiro atoms. The maximum absolute atomic E-state index is 12.2.